The van der Waals surface area contributed by atoms with Crippen molar-refractivity contribution < 1.29 is 24.2 Å². The van der Waals surface area contributed by atoms with Crippen LogP contribution in [0.5, 0.6) is 0 Å². The van der Waals surface area contributed by atoms with Crippen molar-refractivity contribution in [1.29, 1.82) is 0 Å². The van der Waals surface area contributed by atoms with Crippen LogP contribution in [0.2, 0.25) is 0 Å². The number of nitrogens with zero attached hydrogens (tertiary/aromatic N) is 1. The van der Waals surface area contributed by atoms with Crippen LogP contribution in [0, 0.1) is 5.92 Å². The number of carbonyl (C=O) groups is 2. The average molecular weight is 247 g/mol. The first kappa shape index (κ1) is 15.9. The number of carbonyl (C=O) groups excluding carboxylic acids is 1. The molecule has 1 amide bonds. The molecule has 6 nitrogen and oxygen atoms in total. The van der Waals surface area contributed by atoms with Crippen LogP contribution in [0.4, 0.5) is 0 Å². The molecule has 17 heavy (non-hydrogen) atoms. The number of methoxy groups -OCH3 is 2. The van der Waals surface area contributed by atoms with Gasteiger partial charge in [-0.15, -0.1) is 0 Å². The second kappa shape index (κ2) is 8.95. The summed E-state index contributed by atoms with van der Waals surface area (Å²) >= 11 is 0. The normalized spacial score (nSPS) is 12.2. The number of aliphatic carboxylic acids is 1. The van der Waals surface area contributed by atoms with Gasteiger partial charge in [0.15, 0.2) is 0 Å². The number of carboxylic acid groups (broad SMARTS) is 1. The number of amides is 1. The lowest BCUT2D eigenvalue weighted by atomic mass is 10.1. The third-order valence-electron chi connectivity index (χ3n) is 2.22. The molecule has 0 spiro atoms. The van der Waals surface area contributed by atoms with Gasteiger partial charge in [0, 0.05) is 33.8 Å². The molecule has 1 atom stereocenters. The zero-order chi connectivity index (χ0) is 13.3. The summed E-state index contributed by atoms with van der Waals surface area (Å²) in [6.45, 7) is 2.70. The maximum atomic E-state index is 11.8. The highest BCUT2D eigenvalue weighted by Crippen LogP contribution is 2.06. The molecule has 0 rings (SSSR count). The SMILES string of the molecule is COCCN(CC(=O)O)C(=O)CC(C)COC. The summed E-state index contributed by atoms with van der Waals surface area (Å²) in [5.41, 5.74) is 0. The minimum absolute atomic E-state index is 0.0753. The van der Waals surface area contributed by atoms with Crippen LogP contribution in [0.25, 0.3) is 0 Å². The molecule has 100 valence electrons. The van der Waals surface area contributed by atoms with Crippen molar-refractivity contribution in [3.05, 3.63) is 0 Å². The third kappa shape index (κ3) is 7.70. The molecule has 0 aromatic heterocycles. The number of rotatable bonds is 9. The van der Waals surface area contributed by atoms with Crippen LogP contribution >= 0.6 is 0 Å². The van der Waals surface area contributed by atoms with E-state index in [4.69, 9.17) is 14.6 Å². The van der Waals surface area contributed by atoms with E-state index in [1.165, 1.54) is 12.0 Å². The van der Waals surface area contributed by atoms with E-state index in [0.717, 1.165) is 0 Å². The standard InChI is InChI=1S/C11H21NO5/c1-9(8-17-3)6-10(13)12(4-5-16-2)7-11(14)15/h9H,4-8H2,1-3H3,(H,14,15). The van der Waals surface area contributed by atoms with Crippen LogP contribution in [0.3, 0.4) is 0 Å². The van der Waals surface area contributed by atoms with Gasteiger partial charge in [0.1, 0.15) is 6.54 Å². The third-order valence-corrected chi connectivity index (χ3v) is 2.22. The fourth-order valence-electron chi connectivity index (χ4n) is 1.43. The predicted octanol–water partition coefficient (Wildman–Crippen LogP) is 0.219. The largest absolute Gasteiger partial charge is 0.480 e. The van der Waals surface area contributed by atoms with Crippen molar-refractivity contribution >= 4 is 11.9 Å². The molecule has 0 aliphatic heterocycles. The quantitative estimate of drug-likeness (QED) is 0.630. The van der Waals surface area contributed by atoms with Crippen LogP contribution in [0.15, 0.2) is 0 Å². The summed E-state index contributed by atoms with van der Waals surface area (Å²) in [5, 5.41) is 8.71. The Morgan fingerprint density at radius 1 is 1.29 bits per heavy atom. The molecule has 0 bridgehead atoms. The van der Waals surface area contributed by atoms with Crippen molar-refractivity contribution in [2.24, 2.45) is 5.92 Å². The highest BCUT2D eigenvalue weighted by molar-refractivity contribution is 5.81. The van der Waals surface area contributed by atoms with Gasteiger partial charge in [0.2, 0.25) is 5.91 Å². The molecule has 0 aromatic carbocycles. The van der Waals surface area contributed by atoms with E-state index in [2.05, 4.69) is 0 Å². The molecule has 0 aliphatic carbocycles. The van der Waals surface area contributed by atoms with E-state index in [0.29, 0.717) is 19.8 Å². The van der Waals surface area contributed by atoms with Gasteiger partial charge in [-0.3, -0.25) is 9.59 Å². The van der Waals surface area contributed by atoms with Crippen LogP contribution in [-0.2, 0) is 19.1 Å². The topological polar surface area (TPSA) is 76.1 Å². The van der Waals surface area contributed by atoms with E-state index in [1.807, 2.05) is 6.92 Å². The van der Waals surface area contributed by atoms with Gasteiger partial charge in [-0.1, -0.05) is 6.92 Å². The number of ether oxygens (including phenoxy) is 2. The van der Waals surface area contributed by atoms with E-state index in [9.17, 15) is 9.59 Å². The van der Waals surface area contributed by atoms with E-state index < -0.39 is 5.97 Å². The Hall–Kier alpha value is -1.14. The Morgan fingerprint density at radius 3 is 2.41 bits per heavy atom. The molecule has 0 saturated carbocycles. The zero-order valence-corrected chi connectivity index (χ0v) is 10.6. The molecule has 0 radical (unpaired) electrons. The lowest BCUT2D eigenvalue weighted by Gasteiger charge is -2.22. The fraction of sp³-hybridized carbons (Fsp3) is 0.818. The van der Waals surface area contributed by atoms with Gasteiger partial charge in [0.05, 0.1) is 6.61 Å². The molecule has 0 aliphatic rings. The average Bonchev–Trinajstić information content (AvgIpc) is 2.23. The maximum absolute atomic E-state index is 11.8. The van der Waals surface area contributed by atoms with Gasteiger partial charge in [-0.25, -0.2) is 0 Å². The summed E-state index contributed by atoms with van der Waals surface area (Å²) in [7, 11) is 3.08. The molecule has 1 N–H and O–H groups in total. The van der Waals surface area contributed by atoms with Crippen LogP contribution < -0.4 is 0 Å². The maximum Gasteiger partial charge on any atom is 0.323 e. The second-order valence-electron chi connectivity index (χ2n) is 3.97. The van der Waals surface area contributed by atoms with Crippen molar-refractivity contribution in [3.63, 3.8) is 0 Å². The lowest BCUT2D eigenvalue weighted by molar-refractivity contribution is -0.145. The van der Waals surface area contributed by atoms with Gasteiger partial charge >= 0.3 is 5.97 Å². The summed E-state index contributed by atoms with van der Waals surface area (Å²) in [4.78, 5) is 23.7. The van der Waals surface area contributed by atoms with Crippen molar-refractivity contribution in [1.82, 2.24) is 4.90 Å². The molecular weight excluding hydrogens is 226 g/mol. The van der Waals surface area contributed by atoms with Gasteiger partial charge in [-0.2, -0.15) is 0 Å². The zero-order valence-electron chi connectivity index (χ0n) is 10.6. The molecule has 0 saturated heterocycles. The van der Waals surface area contributed by atoms with Gasteiger partial charge in [0.25, 0.3) is 0 Å². The van der Waals surface area contributed by atoms with Crippen molar-refractivity contribution in [2.45, 2.75) is 13.3 Å². The highest BCUT2D eigenvalue weighted by Gasteiger charge is 2.18. The van der Waals surface area contributed by atoms with E-state index in [-0.39, 0.29) is 24.8 Å². The first-order valence-corrected chi connectivity index (χ1v) is 5.48. The van der Waals surface area contributed by atoms with Crippen LogP contribution in [-0.4, -0.2) is 62.4 Å². The fourth-order valence-corrected chi connectivity index (χ4v) is 1.43. The monoisotopic (exact) mass is 247 g/mol. The molecule has 0 heterocycles. The Morgan fingerprint density at radius 2 is 1.94 bits per heavy atom. The number of carboxylic acids is 1. The van der Waals surface area contributed by atoms with E-state index >= 15 is 0 Å². The summed E-state index contributed by atoms with van der Waals surface area (Å²) in [6.07, 6.45) is 0.283. The smallest absolute Gasteiger partial charge is 0.323 e. The Labute approximate surface area is 101 Å². The van der Waals surface area contributed by atoms with Gasteiger partial charge < -0.3 is 19.5 Å². The summed E-state index contributed by atoms with van der Waals surface area (Å²) < 4.78 is 9.78. The Kier molecular flexibility index (Phi) is 8.35. The second-order valence-corrected chi connectivity index (χ2v) is 3.97. The van der Waals surface area contributed by atoms with Crippen molar-refractivity contribution in [3.8, 4) is 0 Å². The molecular formula is C11H21NO5. The Bertz CT molecular complexity index is 244. The molecule has 0 fully saturated rings. The summed E-state index contributed by atoms with van der Waals surface area (Å²) in [5.74, 6) is -1.13. The number of hydrogen-bond donors (Lipinski definition) is 1. The van der Waals surface area contributed by atoms with Crippen molar-refractivity contribution in [2.75, 3.05) is 40.5 Å². The molecule has 6 heteroatoms. The molecule has 1 unspecified atom stereocenters. The number of hydrogen-bond acceptors (Lipinski definition) is 4. The van der Waals surface area contributed by atoms with Crippen LogP contribution in [0.1, 0.15) is 13.3 Å². The van der Waals surface area contributed by atoms with Gasteiger partial charge in [-0.05, 0) is 5.92 Å². The minimum atomic E-state index is -1.02. The van der Waals surface area contributed by atoms with E-state index in [1.54, 1.807) is 7.11 Å². The lowest BCUT2D eigenvalue weighted by Crippen LogP contribution is -2.38. The molecule has 0 aromatic rings. The highest BCUT2D eigenvalue weighted by atomic mass is 16.5. The predicted molar refractivity (Wildman–Crippen MR) is 61.7 cm³/mol. The minimum Gasteiger partial charge on any atom is -0.480 e. The summed E-state index contributed by atoms with van der Waals surface area (Å²) in [6, 6.07) is 0. The Balaban J connectivity index is 4.25. The first-order valence-electron chi connectivity index (χ1n) is 5.48. The first-order chi connectivity index (χ1) is 8.01.